The van der Waals surface area contributed by atoms with Gasteiger partial charge in [0.1, 0.15) is 4.60 Å². The van der Waals surface area contributed by atoms with Crippen LogP contribution < -0.4 is 10.1 Å². The molecule has 0 aliphatic carbocycles. The van der Waals surface area contributed by atoms with Gasteiger partial charge in [-0.05, 0) is 35.0 Å². The van der Waals surface area contributed by atoms with Gasteiger partial charge in [-0.15, -0.1) is 0 Å². The molecular weight excluding hydrogens is 353 g/mol. The van der Waals surface area contributed by atoms with Gasteiger partial charge < -0.3 is 10.1 Å². The van der Waals surface area contributed by atoms with Crippen molar-refractivity contribution in [2.75, 3.05) is 12.4 Å². The molecule has 19 heavy (non-hydrogen) atoms. The minimum Gasteiger partial charge on any atom is -0.478 e. The number of aromatic nitrogens is 2. The summed E-state index contributed by atoms with van der Waals surface area (Å²) in [6, 6.07) is 5.31. The molecule has 0 saturated carbocycles. The van der Waals surface area contributed by atoms with Crippen LogP contribution in [0.2, 0.25) is 10.0 Å². The van der Waals surface area contributed by atoms with Crippen molar-refractivity contribution < 1.29 is 4.74 Å². The molecular formula is C12H10BrCl2N3O. The third-order valence-electron chi connectivity index (χ3n) is 2.38. The molecule has 2 aromatic rings. The minimum absolute atomic E-state index is 0.369. The maximum absolute atomic E-state index is 6.12. The first kappa shape index (κ1) is 14.4. The van der Waals surface area contributed by atoms with E-state index in [9.17, 15) is 0 Å². The molecule has 2 rings (SSSR count). The molecule has 1 N–H and O–H groups in total. The number of halogens is 3. The summed E-state index contributed by atoms with van der Waals surface area (Å²) < 4.78 is 5.81. The number of anilines is 2. The number of nitrogens with one attached hydrogen (secondary N) is 1. The van der Waals surface area contributed by atoms with E-state index < -0.39 is 0 Å². The normalized spacial score (nSPS) is 10.4. The van der Waals surface area contributed by atoms with Gasteiger partial charge in [0.15, 0.2) is 5.82 Å². The molecule has 7 heteroatoms. The Balaban J connectivity index is 2.43. The van der Waals surface area contributed by atoms with E-state index in [1.807, 2.05) is 6.92 Å². The average molecular weight is 363 g/mol. The fraction of sp³-hybridized carbons (Fsp3) is 0.167. The summed E-state index contributed by atoms with van der Waals surface area (Å²) in [5.41, 5.74) is 1.38. The van der Waals surface area contributed by atoms with E-state index in [1.165, 1.54) is 7.11 Å². The van der Waals surface area contributed by atoms with Gasteiger partial charge in [0.05, 0.1) is 28.5 Å². The van der Waals surface area contributed by atoms with Crippen LogP contribution in [0, 0.1) is 6.92 Å². The van der Waals surface area contributed by atoms with Crippen LogP contribution in [0.15, 0.2) is 22.8 Å². The maximum atomic E-state index is 6.12. The number of rotatable bonds is 3. The number of methoxy groups -OCH3 is 1. The van der Waals surface area contributed by atoms with Crippen LogP contribution in [-0.2, 0) is 0 Å². The van der Waals surface area contributed by atoms with Crippen molar-refractivity contribution in [3.8, 4) is 5.88 Å². The van der Waals surface area contributed by atoms with Crippen molar-refractivity contribution >= 4 is 50.6 Å². The Hall–Kier alpha value is -1.04. The van der Waals surface area contributed by atoms with Gasteiger partial charge in [-0.2, -0.15) is 0 Å². The Kier molecular flexibility index (Phi) is 4.50. The summed E-state index contributed by atoms with van der Waals surface area (Å²) in [7, 11) is 1.52. The van der Waals surface area contributed by atoms with Gasteiger partial charge in [-0.3, -0.25) is 0 Å². The molecule has 0 radical (unpaired) electrons. The lowest BCUT2D eigenvalue weighted by Gasteiger charge is -2.12. The van der Waals surface area contributed by atoms with E-state index in [0.717, 1.165) is 5.69 Å². The van der Waals surface area contributed by atoms with Gasteiger partial charge in [0.2, 0.25) is 0 Å². The largest absolute Gasteiger partial charge is 0.478 e. The van der Waals surface area contributed by atoms with Crippen molar-refractivity contribution in [2.24, 2.45) is 0 Å². The third-order valence-corrected chi connectivity index (χ3v) is 3.95. The average Bonchev–Trinajstić information content (AvgIpc) is 2.39. The highest BCUT2D eigenvalue weighted by Gasteiger charge is 2.12. The van der Waals surface area contributed by atoms with Gasteiger partial charge in [-0.25, -0.2) is 9.97 Å². The van der Waals surface area contributed by atoms with E-state index in [1.54, 1.807) is 18.2 Å². The van der Waals surface area contributed by atoms with Crippen LogP contribution in [0.25, 0.3) is 0 Å². The van der Waals surface area contributed by atoms with Crippen molar-refractivity contribution in [1.29, 1.82) is 0 Å². The summed E-state index contributed by atoms with van der Waals surface area (Å²) in [5, 5.41) is 3.95. The Morgan fingerprint density at radius 1 is 1.26 bits per heavy atom. The lowest BCUT2D eigenvalue weighted by Crippen LogP contribution is -2.02. The number of nitrogens with zero attached hydrogens (tertiary/aromatic N) is 2. The summed E-state index contributed by atoms with van der Waals surface area (Å²) in [6.45, 7) is 1.83. The number of benzene rings is 1. The minimum atomic E-state index is 0.369. The number of ether oxygens (including phenoxy) is 1. The van der Waals surface area contributed by atoms with Crippen LogP contribution in [0.3, 0.4) is 0 Å². The summed E-state index contributed by atoms with van der Waals surface area (Å²) in [6.07, 6.45) is 0. The molecule has 100 valence electrons. The first-order chi connectivity index (χ1) is 9.02. The molecule has 0 spiro atoms. The molecule has 1 heterocycles. The van der Waals surface area contributed by atoms with Crippen molar-refractivity contribution in [3.63, 3.8) is 0 Å². The van der Waals surface area contributed by atoms with E-state index in [4.69, 9.17) is 27.9 Å². The summed E-state index contributed by atoms with van der Waals surface area (Å²) >= 11 is 15.4. The Bertz CT molecular complexity index is 622. The molecule has 1 aromatic heterocycles. The zero-order chi connectivity index (χ0) is 14.0. The molecule has 0 atom stereocenters. The van der Waals surface area contributed by atoms with Gasteiger partial charge >= 0.3 is 0 Å². The van der Waals surface area contributed by atoms with Crippen molar-refractivity contribution in [1.82, 2.24) is 9.97 Å². The van der Waals surface area contributed by atoms with Crippen molar-refractivity contribution in [3.05, 3.63) is 38.5 Å². The second-order valence-corrected chi connectivity index (χ2v) is 5.22. The lowest BCUT2D eigenvalue weighted by atomic mass is 10.3. The molecule has 0 fully saturated rings. The molecule has 0 aliphatic heterocycles. The van der Waals surface area contributed by atoms with Crippen LogP contribution in [0.1, 0.15) is 5.69 Å². The Morgan fingerprint density at radius 2 is 2.00 bits per heavy atom. The summed E-state index contributed by atoms with van der Waals surface area (Å²) in [4.78, 5) is 8.60. The number of hydrogen-bond donors (Lipinski definition) is 1. The van der Waals surface area contributed by atoms with E-state index in [2.05, 4.69) is 31.2 Å². The van der Waals surface area contributed by atoms with Gasteiger partial charge in [0.25, 0.3) is 5.88 Å². The quantitative estimate of drug-likeness (QED) is 0.866. The second-order valence-electron chi connectivity index (χ2n) is 3.68. The fourth-order valence-electron chi connectivity index (χ4n) is 1.44. The van der Waals surface area contributed by atoms with E-state index >= 15 is 0 Å². The summed E-state index contributed by atoms with van der Waals surface area (Å²) in [5.74, 6) is 0.848. The standard InChI is InChI=1S/C12H10BrCl2N3O/c1-6-10(13)18-12(19-2)11(16-6)17-8-5-3-4-7(14)9(8)15/h3-5H,1-2H3,(H,16,17). The zero-order valence-electron chi connectivity index (χ0n) is 10.2. The highest BCUT2D eigenvalue weighted by Crippen LogP contribution is 2.33. The van der Waals surface area contributed by atoms with E-state index in [-0.39, 0.29) is 0 Å². The molecule has 0 aliphatic rings. The Morgan fingerprint density at radius 3 is 2.68 bits per heavy atom. The van der Waals surface area contributed by atoms with Crippen LogP contribution in [0.5, 0.6) is 5.88 Å². The Labute approximate surface area is 129 Å². The molecule has 0 unspecified atom stereocenters. The maximum Gasteiger partial charge on any atom is 0.258 e. The first-order valence-corrected chi connectivity index (χ1v) is 6.87. The smallest absolute Gasteiger partial charge is 0.258 e. The second kappa shape index (κ2) is 5.94. The first-order valence-electron chi connectivity index (χ1n) is 5.32. The van der Waals surface area contributed by atoms with E-state index in [0.29, 0.717) is 32.0 Å². The highest BCUT2D eigenvalue weighted by atomic mass is 79.9. The fourth-order valence-corrected chi connectivity index (χ4v) is 2.03. The number of aryl methyl sites for hydroxylation is 1. The van der Waals surface area contributed by atoms with Crippen LogP contribution in [0.4, 0.5) is 11.5 Å². The van der Waals surface area contributed by atoms with Crippen LogP contribution >= 0.6 is 39.1 Å². The monoisotopic (exact) mass is 361 g/mol. The SMILES string of the molecule is COc1nc(Br)c(C)nc1Nc1cccc(Cl)c1Cl. The lowest BCUT2D eigenvalue weighted by molar-refractivity contribution is 0.397. The third kappa shape index (κ3) is 3.11. The predicted octanol–water partition coefficient (Wildman–Crippen LogP) is 4.61. The molecule has 1 aromatic carbocycles. The highest BCUT2D eigenvalue weighted by molar-refractivity contribution is 9.10. The molecule has 4 nitrogen and oxygen atoms in total. The van der Waals surface area contributed by atoms with Gasteiger partial charge in [0, 0.05) is 0 Å². The number of hydrogen-bond acceptors (Lipinski definition) is 4. The molecule has 0 saturated heterocycles. The molecule has 0 amide bonds. The molecule has 0 bridgehead atoms. The van der Waals surface area contributed by atoms with Crippen molar-refractivity contribution in [2.45, 2.75) is 6.92 Å². The van der Waals surface area contributed by atoms with Crippen LogP contribution in [-0.4, -0.2) is 17.1 Å². The predicted molar refractivity (Wildman–Crippen MR) is 80.8 cm³/mol. The van der Waals surface area contributed by atoms with Gasteiger partial charge in [-0.1, -0.05) is 29.3 Å². The topological polar surface area (TPSA) is 47.0 Å². The zero-order valence-corrected chi connectivity index (χ0v) is 13.3.